The summed E-state index contributed by atoms with van der Waals surface area (Å²) in [5, 5.41) is 9.60. The predicted molar refractivity (Wildman–Crippen MR) is 64.1 cm³/mol. The molecule has 0 aromatic heterocycles. The van der Waals surface area contributed by atoms with E-state index in [1.165, 1.54) is 4.90 Å². The van der Waals surface area contributed by atoms with Crippen molar-refractivity contribution in [2.75, 3.05) is 11.4 Å². The highest BCUT2D eigenvalue weighted by Crippen LogP contribution is 2.30. The second-order valence-corrected chi connectivity index (χ2v) is 4.60. The largest absolute Gasteiger partial charge is 0.481 e. The van der Waals surface area contributed by atoms with Gasteiger partial charge in [-0.1, -0.05) is 18.5 Å². The molecule has 5 heteroatoms. The van der Waals surface area contributed by atoms with Crippen molar-refractivity contribution >= 4 is 29.2 Å². The third-order valence-corrected chi connectivity index (χ3v) is 3.35. The molecule has 1 aromatic carbocycles. The van der Waals surface area contributed by atoms with Gasteiger partial charge < -0.3 is 10.0 Å². The summed E-state index contributed by atoms with van der Waals surface area (Å²) < 4.78 is 0. The Labute approximate surface area is 104 Å². The van der Waals surface area contributed by atoms with Crippen LogP contribution >= 0.6 is 11.6 Å². The highest BCUT2D eigenvalue weighted by molar-refractivity contribution is 6.30. The van der Waals surface area contributed by atoms with E-state index < -0.39 is 17.8 Å². The van der Waals surface area contributed by atoms with Crippen LogP contribution in [0.25, 0.3) is 0 Å². The highest BCUT2D eigenvalue weighted by atomic mass is 35.5. The number of hydrogen-bond acceptors (Lipinski definition) is 2. The van der Waals surface area contributed by atoms with Crippen LogP contribution < -0.4 is 4.90 Å². The Balaban J connectivity index is 2.26. The van der Waals surface area contributed by atoms with Gasteiger partial charge in [0.1, 0.15) is 0 Å². The van der Waals surface area contributed by atoms with Crippen molar-refractivity contribution in [2.24, 2.45) is 11.8 Å². The molecule has 17 heavy (non-hydrogen) atoms. The average Bonchev–Trinajstić information content (AvgIpc) is 2.58. The van der Waals surface area contributed by atoms with Gasteiger partial charge in [0.2, 0.25) is 5.91 Å². The lowest BCUT2D eigenvalue weighted by molar-refractivity contribution is -0.143. The van der Waals surface area contributed by atoms with Crippen molar-refractivity contribution < 1.29 is 14.7 Å². The molecule has 0 bridgehead atoms. The summed E-state index contributed by atoms with van der Waals surface area (Å²) in [5.41, 5.74) is 0.690. The molecule has 1 aromatic rings. The van der Waals surface area contributed by atoms with Crippen LogP contribution in [-0.2, 0) is 9.59 Å². The van der Waals surface area contributed by atoms with E-state index in [-0.39, 0.29) is 12.5 Å². The molecule has 0 aliphatic carbocycles. The number of carbonyl (C=O) groups excluding carboxylic acids is 1. The number of anilines is 1. The standard InChI is InChI=1S/C12H12ClNO3/c1-7-10(12(16)17)6-14(11(7)15)9-4-2-8(13)3-5-9/h2-5,7,10H,6H2,1H3,(H,16,17). The number of amides is 1. The number of carboxylic acids is 1. The number of nitrogens with zero attached hydrogens (tertiary/aromatic N) is 1. The van der Waals surface area contributed by atoms with Crippen LogP contribution in [0.3, 0.4) is 0 Å². The summed E-state index contributed by atoms with van der Waals surface area (Å²) in [5.74, 6) is -2.21. The van der Waals surface area contributed by atoms with Crippen LogP contribution in [-0.4, -0.2) is 23.5 Å². The summed E-state index contributed by atoms with van der Waals surface area (Å²) in [6, 6.07) is 6.81. The molecular weight excluding hydrogens is 242 g/mol. The Morgan fingerprint density at radius 3 is 2.47 bits per heavy atom. The molecule has 1 saturated heterocycles. The number of benzene rings is 1. The second kappa shape index (κ2) is 4.37. The third kappa shape index (κ3) is 2.13. The summed E-state index contributed by atoms with van der Waals surface area (Å²) in [4.78, 5) is 24.4. The maximum Gasteiger partial charge on any atom is 0.309 e. The fourth-order valence-electron chi connectivity index (χ4n) is 2.01. The van der Waals surface area contributed by atoms with Crippen LogP contribution in [0.5, 0.6) is 0 Å². The van der Waals surface area contributed by atoms with E-state index in [4.69, 9.17) is 16.7 Å². The SMILES string of the molecule is CC1C(=O)N(c2ccc(Cl)cc2)CC1C(=O)O. The first-order valence-electron chi connectivity index (χ1n) is 5.30. The third-order valence-electron chi connectivity index (χ3n) is 3.09. The molecule has 1 heterocycles. The topological polar surface area (TPSA) is 57.6 Å². The summed E-state index contributed by atoms with van der Waals surface area (Å²) in [6.07, 6.45) is 0. The number of rotatable bonds is 2. The summed E-state index contributed by atoms with van der Waals surface area (Å²) in [6.45, 7) is 1.87. The molecule has 1 aliphatic heterocycles. The fourth-order valence-corrected chi connectivity index (χ4v) is 2.13. The number of hydrogen-bond donors (Lipinski definition) is 1. The number of carboxylic acid groups (broad SMARTS) is 1. The van der Waals surface area contributed by atoms with E-state index in [0.29, 0.717) is 10.7 Å². The molecule has 1 aliphatic rings. The van der Waals surface area contributed by atoms with Crippen LogP contribution in [0.2, 0.25) is 5.02 Å². The van der Waals surface area contributed by atoms with Gasteiger partial charge in [0.05, 0.1) is 11.8 Å². The smallest absolute Gasteiger partial charge is 0.309 e. The van der Waals surface area contributed by atoms with E-state index in [9.17, 15) is 9.59 Å². The minimum Gasteiger partial charge on any atom is -0.481 e. The first-order valence-corrected chi connectivity index (χ1v) is 5.68. The Bertz CT molecular complexity index is 457. The number of halogens is 1. The van der Waals surface area contributed by atoms with Crippen LogP contribution in [0, 0.1) is 11.8 Å². The molecule has 2 unspecified atom stereocenters. The van der Waals surface area contributed by atoms with Gasteiger partial charge >= 0.3 is 5.97 Å². The van der Waals surface area contributed by atoms with Crippen molar-refractivity contribution in [3.8, 4) is 0 Å². The van der Waals surface area contributed by atoms with E-state index in [1.54, 1.807) is 31.2 Å². The molecule has 0 spiro atoms. The number of aliphatic carboxylic acids is 1. The molecule has 2 rings (SSSR count). The van der Waals surface area contributed by atoms with Gasteiger partial charge in [0.25, 0.3) is 0 Å². The average molecular weight is 254 g/mol. The van der Waals surface area contributed by atoms with Gasteiger partial charge in [-0.25, -0.2) is 0 Å². The minimum absolute atomic E-state index is 0.153. The molecule has 1 amide bonds. The van der Waals surface area contributed by atoms with E-state index in [1.807, 2.05) is 0 Å². The van der Waals surface area contributed by atoms with E-state index >= 15 is 0 Å². The molecule has 0 radical (unpaired) electrons. The molecule has 2 atom stereocenters. The monoisotopic (exact) mass is 253 g/mol. The lowest BCUT2D eigenvalue weighted by Crippen LogP contribution is -2.26. The van der Waals surface area contributed by atoms with Crippen molar-refractivity contribution in [1.29, 1.82) is 0 Å². The predicted octanol–water partition coefficient (Wildman–Crippen LogP) is 2.02. The van der Waals surface area contributed by atoms with Gasteiger partial charge in [-0.15, -0.1) is 0 Å². The Morgan fingerprint density at radius 1 is 1.41 bits per heavy atom. The first kappa shape index (κ1) is 11.9. The van der Waals surface area contributed by atoms with Gasteiger partial charge in [0, 0.05) is 17.3 Å². The van der Waals surface area contributed by atoms with Crippen LogP contribution in [0.1, 0.15) is 6.92 Å². The van der Waals surface area contributed by atoms with Gasteiger partial charge in [-0.2, -0.15) is 0 Å². The molecule has 4 nitrogen and oxygen atoms in total. The zero-order valence-corrected chi connectivity index (χ0v) is 10.0. The summed E-state index contributed by atoms with van der Waals surface area (Å²) in [7, 11) is 0. The van der Waals surface area contributed by atoms with Crippen LogP contribution in [0.4, 0.5) is 5.69 Å². The van der Waals surface area contributed by atoms with Crippen molar-refractivity contribution in [3.05, 3.63) is 29.3 Å². The van der Waals surface area contributed by atoms with E-state index in [2.05, 4.69) is 0 Å². The maximum absolute atomic E-state index is 11.9. The zero-order chi connectivity index (χ0) is 12.6. The maximum atomic E-state index is 11.9. The van der Waals surface area contributed by atoms with Gasteiger partial charge in [-0.05, 0) is 24.3 Å². The lowest BCUT2D eigenvalue weighted by atomic mass is 9.98. The van der Waals surface area contributed by atoms with E-state index in [0.717, 1.165) is 0 Å². The molecule has 90 valence electrons. The molecule has 0 saturated carbocycles. The van der Waals surface area contributed by atoms with Crippen molar-refractivity contribution in [3.63, 3.8) is 0 Å². The second-order valence-electron chi connectivity index (χ2n) is 4.16. The lowest BCUT2D eigenvalue weighted by Gasteiger charge is -2.16. The Kier molecular flexibility index (Phi) is 3.07. The highest BCUT2D eigenvalue weighted by Gasteiger charge is 2.41. The zero-order valence-electron chi connectivity index (χ0n) is 9.26. The van der Waals surface area contributed by atoms with Crippen molar-refractivity contribution in [2.45, 2.75) is 6.92 Å². The first-order chi connectivity index (χ1) is 8.00. The minimum atomic E-state index is -0.928. The Hall–Kier alpha value is -1.55. The quantitative estimate of drug-likeness (QED) is 0.877. The van der Waals surface area contributed by atoms with Crippen LogP contribution in [0.15, 0.2) is 24.3 Å². The number of carbonyl (C=O) groups is 2. The molecule has 1 N–H and O–H groups in total. The normalized spacial score (nSPS) is 24.1. The fraction of sp³-hybridized carbons (Fsp3) is 0.333. The molecular formula is C12H12ClNO3. The molecule has 1 fully saturated rings. The van der Waals surface area contributed by atoms with Gasteiger partial charge in [0.15, 0.2) is 0 Å². The Morgan fingerprint density at radius 2 is 2.00 bits per heavy atom. The van der Waals surface area contributed by atoms with Gasteiger partial charge in [-0.3, -0.25) is 9.59 Å². The van der Waals surface area contributed by atoms with Crippen molar-refractivity contribution in [1.82, 2.24) is 0 Å². The summed E-state index contributed by atoms with van der Waals surface area (Å²) >= 11 is 5.76.